The van der Waals surface area contributed by atoms with E-state index in [4.69, 9.17) is 0 Å². The molecular formula is C16H15N3. The molecule has 94 valence electrons. The van der Waals surface area contributed by atoms with Crippen LogP contribution in [0.1, 0.15) is 0 Å². The van der Waals surface area contributed by atoms with Crippen molar-refractivity contribution >= 4 is 17.2 Å². The standard InChI is InChI=1S/C16H15N3/c1-3-8-14(9-4-1)19(15-10-5-2-6-11-15)18-16-12-7-13-17-16/h1-13,17-18H. The van der Waals surface area contributed by atoms with Crippen LogP contribution in [0.15, 0.2) is 79.0 Å². The van der Waals surface area contributed by atoms with E-state index in [-0.39, 0.29) is 0 Å². The molecule has 1 heterocycles. The van der Waals surface area contributed by atoms with Crippen LogP contribution in [0.5, 0.6) is 0 Å². The van der Waals surface area contributed by atoms with E-state index < -0.39 is 0 Å². The predicted molar refractivity (Wildman–Crippen MR) is 79.4 cm³/mol. The third-order valence-electron chi connectivity index (χ3n) is 2.86. The van der Waals surface area contributed by atoms with E-state index >= 15 is 0 Å². The van der Waals surface area contributed by atoms with Gasteiger partial charge in [0.15, 0.2) is 0 Å². The van der Waals surface area contributed by atoms with Crippen LogP contribution in [0.25, 0.3) is 0 Å². The van der Waals surface area contributed by atoms with Gasteiger partial charge in [-0.15, -0.1) is 0 Å². The number of H-pyrrole nitrogens is 1. The molecule has 2 N–H and O–H groups in total. The number of anilines is 3. The highest BCUT2D eigenvalue weighted by Crippen LogP contribution is 2.25. The minimum Gasteiger partial charge on any atom is -0.347 e. The van der Waals surface area contributed by atoms with Crippen molar-refractivity contribution in [2.24, 2.45) is 0 Å². The van der Waals surface area contributed by atoms with Crippen molar-refractivity contribution in [2.75, 3.05) is 10.4 Å². The SMILES string of the molecule is c1ccc(N(Nc2ccc[nH]2)c2ccccc2)cc1. The molecule has 0 amide bonds. The molecule has 0 radical (unpaired) electrons. The molecule has 0 bridgehead atoms. The number of para-hydroxylation sites is 2. The van der Waals surface area contributed by atoms with Crippen molar-refractivity contribution in [3.8, 4) is 0 Å². The highest BCUT2D eigenvalue weighted by atomic mass is 15.5. The van der Waals surface area contributed by atoms with E-state index in [2.05, 4.69) is 34.7 Å². The predicted octanol–water partition coefficient (Wildman–Crippen LogP) is 4.18. The van der Waals surface area contributed by atoms with Gasteiger partial charge in [0.05, 0.1) is 11.4 Å². The molecular weight excluding hydrogens is 234 g/mol. The second-order valence-electron chi connectivity index (χ2n) is 4.20. The second-order valence-corrected chi connectivity index (χ2v) is 4.20. The molecule has 0 unspecified atom stereocenters. The number of hydrogen-bond acceptors (Lipinski definition) is 2. The molecule has 3 heteroatoms. The van der Waals surface area contributed by atoms with Crippen LogP contribution in [-0.2, 0) is 0 Å². The molecule has 3 aromatic rings. The smallest absolute Gasteiger partial charge is 0.122 e. The number of aromatic nitrogens is 1. The number of hydrogen-bond donors (Lipinski definition) is 2. The normalized spacial score (nSPS) is 10.1. The van der Waals surface area contributed by atoms with Crippen molar-refractivity contribution in [3.63, 3.8) is 0 Å². The van der Waals surface area contributed by atoms with E-state index in [1.165, 1.54) is 0 Å². The average Bonchev–Trinajstić information content (AvgIpc) is 3.00. The molecule has 0 aliphatic carbocycles. The Morgan fingerprint density at radius 3 is 1.74 bits per heavy atom. The summed E-state index contributed by atoms with van der Waals surface area (Å²) in [4.78, 5) is 3.15. The van der Waals surface area contributed by atoms with Gasteiger partial charge in [-0.05, 0) is 36.4 Å². The molecule has 0 saturated heterocycles. The fourth-order valence-corrected chi connectivity index (χ4v) is 1.95. The van der Waals surface area contributed by atoms with Crippen LogP contribution in [0.3, 0.4) is 0 Å². The summed E-state index contributed by atoms with van der Waals surface area (Å²) in [6.45, 7) is 0. The summed E-state index contributed by atoms with van der Waals surface area (Å²) in [5, 5.41) is 2.05. The van der Waals surface area contributed by atoms with Crippen molar-refractivity contribution in [3.05, 3.63) is 79.0 Å². The van der Waals surface area contributed by atoms with Gasteiger partial charge in [-0.2, -0.15) is 0 Å². The van der Waals surface area contributed by atoms with Gasteiger partial charge in [0.1, 0.15) is 5.82 Å². The van der Waals surface area contributed by atoms with Crippen LogP contribution in [0.2, 0.25) is 0 Å². The van der Waals surface area contributed by atoms with Gasteiger partial charge in [-0.25, -0.2) is 0 Å². The Kier molecular flexibility index (Phi) is 3.19. The Morgan fingerprint density at radius 1 is 0.684 bits per heavy atom. The Bertz CT molecular complexity index is 564. The maximum absolute atomic E-state index is 3.37. The van der Waals surface area contributed by atoms with Crippen LogP contribution in [0.4, 0.5) is 17.2 Å². The van der Waals surface area contributed by atoms with E-state index in [0.29, 0.717) is 0 Å². The lowest BCUT2D eigenvalue weighted by Crippen LogP contribution is -2.24. The summed E-state index contributed by atoms with van der Waals surface area (Å²) in [5.41, 5.74) is 5.54. The molecule has 3 rings (SSSR count). The largest absolute Gasteiger partial charge is 0.347 e. The zero-order valence-corrected chi connectivity index (χ0v) is 10.5. The van der Waals surface area contributed by atoms with E-state index in [9.17, 15) is 0 Å². The average molecular weight is 249 g/mol. The Morgan fingerprint density at radius 2 is 1.26 bits per heavy atom. The third kappa shape index (κ3) is 2.60. The van der Waals surface area contributed by atoms with Crippen LogP contribution in [-0.4, -0.2) is 4.98 Å². The first-order chi connectivity index (χ1) is 9.43. The first kappa shape index (κ1) is 11.4. The van der Waals surface area contributed by atoms with Crippen LogP contribution >= 0.6 is 0 Å². The molecule has 1 aromatic heterocycles. The highest BCUT2D eigenvalue weighted by molar-refractivity contribution is 5.66. The van der Waals surface area contributed by atoms with Gasteiger partial charge < -0.3 is 4.98 Å². The number of benzene rings is 2. The van der Waals surface area contributed by atoms with Crippen LogP contribution in [0, 0.1) is 0 Å². The number of nitrogens with one attached hydrogen (secondary N) is 2. The molecule has 2 aromatic carbocycles. The first-order valence-corrected chi connectivity index (χ1v) is 6.24. The molecule has 0 aliphatic rings. The number of aromatic amines is 1. The zero-order valence-electron chi connectivity index (χ0n) is 10.5. The van der Waals surface area contributed by atoms with E-state index in [0.717, 1.165) is 17.2 Å². The fraction of sp³-hybridized carbons (Fsp3) is 0. The topological polar surface area (TPSA) is 31.1 Å². The number of nitrogens with zero attached hydrogens (tertiary/aromatic N) is 1. The van der Waals surface area contributed by atoms with E-state index in [1.54, 1.807) is 0 Å². The van der Waals surface area contributed by atoms with Gasteiger partial charge in [0, 0.05) is 6.20 Å². The lowest BCUT2D eigenvalue weighted by molar-refractivity contribution is 1.14. The van der Waals surface area contributed by atoms with Crippen molar-refractivity contribution in [1.82, 2.24) is 4.98 Å². The second kappa shape index (κ2) is 5.31. The Hall–Kier alpha value is -2.68. The lowest BCUT2D eigenvalue weighted by atomic mass is 10.2. The minimum absolute atomic E-state index is 0.952. The fourth-order valence-electron chi connectivity index (χ4n) is 1.95. The molecule has 0 fully saturated rings. The van der Waals surface area contributed by atoms with Gasteiger partial charge >= 0.3 is 0 Å². The maximum atomic E-state index is 3.37. The summed E-state index contributed by atoms with van der Waals surface area (Å²) >= 11 is 0. The van der Waals surface area contributed by atoms with Gasteiger partial charge in [0.25, 0.3) is 0 Å². The van der Waals surface area contributed by atoms with Crippen LogP contribution < -0.4 is 10.4 Å². The van der Waals surface area contributed by atoms with Crippen molar-refractivity contribution in [1.29, 1.82) is 0 Å². The van der Waals surface area contributed by atoms with Gasteiger partial charge in [-0.3, -0.25) is 10.4 Å². The highest BCUT2D eigenvalue weighted by Gasteiger charge is 2.08. The van der Waals surface area contributed by atoms with Gasteiger partial charge in [-0.1, -0.05) is 36.4 Å². The molecule has 0 atom stereocenters. The van der Waals surface area contributed by atoms with Crippen molar-refractivity contribution in [2.45, 2.75) is 0 Å². The Labute approximate surface area is 112 Å². The molecule has 0 aliphatic heterocycles. The molecule has 19 heavy (non-hydrogen) atoms. The Balaban J connectivity index is 1.96. The zero-order chi connectivity index (χ0) is 12.9. The number of hydrazine groups is 1. The monoisotopic (exact) mass is 249 g/mol. The molecule has 0 saturated carbocycles. The summed E-state index contributed by atoms with van der Waals surface area (Å²) in [6.07, 6.45) is 1.90. The maximum Gasteiger partial charge on any atom is 0.122 e. The lowest BCUT2D eigenvalue weighted by Gasteiger charge is -2.25. The first-order valence-electron chi connectivity index (χ1n) is 6.24. The quantitative estimate of drug-likeness (QED) is 0.680. The van der Waals surface area contributed by atoms with Crippen molar-refractivity contribution < 1.29 is 0 Å². The minimum atomic E-state index is 0.952. The van der Waals surface area contributed by atoms with E-state index in [1.807, 2.05) is 59.7 Å². The third-order valence-corrected chi connectivity index (χ3v) is 2.86. The summed E-state index contributed by atoms with van der Waals surface area (Å²) in [6, 6.07) is 24.4. The summed E-state index contributed by atoms with van der Waals surface area (Å²) < 4.78 is 0. The molecule has 0 spiro atoms. The summed E-state index contributed by atoms with van der Waals surface area (Å²) in [7, 11) is 0. The number of rotatable bonds is 4. The van der Waals surface area contributed by atoms with Gasteiger partial charge in [0.2, 0.25) is 0 Å². The summed E-state index contributed by atoms with van der Waals surface area (Å²) in [5.74, 6) is 0.952. The molecule has 3 nitrogen and oxygen atoms in total.